The highest BCUT2D eigenvalue weighted by atomic mass is 33.1. The molecular weight excluding hydrogens is 408 g/mol. The van der Waals surface area contributed by atoms with Gasteiger partial charge in [0.25, 0.3) is 0 Å². The summed E-state index contributed by atoms with van der Waals surface area (Å²) in [4.78, 5) is 27.1. The highest BCUT2D eigenvalue weighted by molar-refractivity contribution is 8.76. The molecule has 0 amide bonds. The average molecular weight is 427 g/mol. The zero-order valence-electron chi connectivity index (χ0n) is 16.0. The third-order valence-electron chi connectivity index (χ3n) is 4.54. The molecular formula is C26H18O2S2. The smallest absolute Gasteiger partial charge is 0.193 e. The Morgan fingerprint density at radius 1 is 0.400 bits per heavy atom. The van der Waals surface area contributed by atoms with Crippen molar-refractivity contribution in [1.82, 2.24) is 0 Å². The summed E-state index contributed by atoms with van der Waals surface area (Å²) in [6.07, 6.45) is 0. The van der Waals surface area contributed by atoms with Crippen molar-refractivity contribution in [3.8, 4) is 0 Å². The number of hydrogen-bond acceptors (Lipinski definition) is 4. The Morgan fingerprint density at radius 2 is 0.700 bits per heavy atom. The first-order chi connectivity index (χ1) is 14.7. The van der Waals surface area contributed by atoms with Gasteiger partial charge in [0.1, 0.15) is 0 Å². The lowest BCUT2D eigenvalue weighted by atomic mass is 10.0. The van der Waals surface area contributed by atoms with Crippen molar-refractivity contribution >= 4 is 33.2 Å². The van der Waals surface area contributed by atoms with E-state index < -0.39 is 0 Å². The maximum atomic E-state index is 12.5. The predicted molar refractivity (Wildman–Crippen MR) is 124 cm³/mol. The maximum absolute atomic E-state index is 12.5. The van der Waals surface area contributed by atoms with Gasteiger partial charge in [0.2, 0.25) is 0 Å². The SMILES string of the molecule is O=C(c1ccccc1)c1ccc(SSc2ccc(C(=O)c3ccccc3)cc2)cc1. The number of carbonyl (C=O) groups is 2. The van der Waals surface area contributed by atoms with Gasteiger partial charge in [0.15, 0.2) is 11.6 Å². The van der Waals surface area contributed by atoms with E-state index in [-0.39, 0.29) is 11.6 Å². The van der Waals surface area contributed by atoms with Crippen LogP contribution in [0.1, 0.15) is 31.8 Å². The van der Waals surface area contributed by atoms with Crippen LogP contribution in [0, 0.1) is 0 Å². The highest BCUT2D eigenvalue weighted by Gasteiger charge is 2.10. The molecule has 0 saturated carbocycles. The Kier molecular flexibility index (Phi) is 6.47. The zero-order chi connectivity index (χ0) is 20.8. The summed E-state index contributed by atoms with van der Waals surface area (Å²) >= 11 is 0. The molecule has 0 heterocycles. The predicted octanol–water partition coefficient (Wildman–Crippen LogP) is 6.95. The Morgan fingerprint density at radius 3 is 1.03 bits per heavy atom. The monoisotopic (exact) mass is 426 g/mol. The molecule has 0 saturated heterocycles. The first-order valence-electron chi connectivity index (χ1n) is 9.45. The van der Waals surface area contributed by atoms with Gasteiger partial charge in [-0.1, -0.05) is 82.3 Å². The van der Waals surface area contributed by atoms with Gasteiger partial charge in [0.05, 0.1) is 0 Å². The van der Waals surface area contributed by atoms with Crippen molar-refractivity contribution in [2.24, 2.45) is 0 Å². The number of benzene rings is 4. The van der Waals surface area contributed by atoms with Crippen LogP contribution >= 0.6 is 21.6 Å². The quantitative estimate of drug-likeness (QED) is 0.237. The van der Waals surface area contributed by atoms with Crippen LogP contribution in [0.25, 0.3) is 0 Å². The Balaban J connectivity index is 1.37. The molecule has 0 aliphatic rings. The van der Waals surface area contributed by atoms with Crippen LogP contribution in [0.5, 0.6) is 0 Å². The van der Waals surface area contributed by atoms with Crippen LogP contribution in [-0.2, 0) is 0 Å². The zero-order valence-corrected chi connectivity index (χ0v) is 17.7. The van der Waals surface area contributed by atoms with E-state index in [1.165, 1.54) is 0 Å². The number of carbonyl (C=O) groups excluding carboxylic acids is 2. The second-order valence-electron chi connectivity index (χ2n) is 6.61. The van der Waals surface area contributed by atoms with Crippen molar-refractivity contribution in [2.45, 2.75) is 9.79 Å². The lowest BCUT2D eigenvalue weighted by Crippen LogP contribution is -2.00. The standard InChI is InChI=1S/C26H18O2S2/c27-25(19-7-3-1-4-8-19)21-11-15-23(16-12-21)29-30-24-17-13-22(14-18-24)26(28)20-9-5-2-6-10-20/h1-18H. The van der Waals surface area contributed by atoms with Crippen LogP contribution in [-0.4, -0.2) is 11.6 Å². The van der Waals surface area contributed by atoms with E-state index in [9.17, 15) is 9.59 Å². The summed E-state index contributed by atoms with van der Waals surface area (Å²) < 4.78 is 0. The van der Waals surface area contributed by atoms with Gasteiger partial charge in [-0.05, 0) is 48.5 Å². The third-order valence-corrected chi connectivity index (χ3v) is 6.96. The molecule has 146 valence electrons. The molecule has 0 fully saturated rings. The van der Waals surface area contributed by atoms with Crippen LogP contribution in [0.15, 0.2) is 119 Å². The molecule has 0 spiro atoms. The van der Waals surface area contributed by atoms with Gasteiger partial charge in [0, 0.05) is 32.0 Å². The van der Waals surface area contributed by atoms with Crippen LogP contribution < -0.4 is 0 Å². The van der Waals surface area contributed by atoms with E-state index in [4.69, 9.17) is 0 Å². The Hall–Kier alpha value is -3.08. The highest BCUT2D eigenvalue weighted by Crippen LogP contribution is 2.37. The number of ketones is 2. The molecule has 0 aliphatic heterocycles. The van der Waals surface area contributed by atoms with Crippen LogP contribution in [0.2, 0.25) is 0 Å². The second-order valence-corrected chi connectivity index (χ2v) is 8.88. The minimum atomic E-state index is 0.0264. The Labute approximate surface area is 183 Å². The molecule has 0 N–H and O–H groups in total. The van der Waals surface area contributed by atoms with E-state index in [2.05, 4.69) is 0 Å². The molecule has 0 unspecified atom stereocenters. The molecule has 4 aromatic rings. The van der Waals surface area contributed by atoms with E-state index >= 15 is 0 Å². The fourth-order valence-corrected chi connectivity index (χ4v) is 4.86. The summed E-state index contributed by atoms with van der Waals surface area (Å²) in [6.45, 7) is 0. The summed E-state index contributed by atoms with van der Waals surface area (Å²) in [6, 6.07) is 33.9. The van der Waals surface area contributed by atoms with Crippen molar-refractivity contribution in [2.75, 3.05) is 0 Å². The van der Waals surface area contributed by atoms with Crippen molar-refractivity contribution < 1.29 is 9.59 Å². The number of hydrogen-bond donors (Lipinski definition) is 0. The van der Waals surface area contributed by atoms with Crippen molar-refractivity contribution in [1.29, 1.82) is 0 Å². The number of rotatable bonds is 7. The fourth-order valence-electron chi connectivity index (χ4n) is 2.93. The minimum Gasteiger partial charge on any atom is -0.289 e. The van der Waals surface area contributed by atoms with E-state index in [0.717, 1.165) is 9.79 Å². The van der Waals surface area contributed by atoms with Gasteiger partial charge in [-0.2, -0.15) is 0 Å². The summed E-state index contributed by atoms with van der Waals surface area (Å²) in [7, 11) is 3.24. The first-order valence-corrected chi connectivity index (χ1v) is 11.6. The molecule has 4 heteroatoms. The van der Waals surface area contributed by atoms with E-state index in [1.54, 1.807) is 21.6 Å². The van der Waals surface area contributed by atoms with Gasteiger partial charge in [-0.15, -0.1) is 0 Å². The van der Waals surface area contributed by atoms with Gasteiger partial charge >= 0.3 is 0 Å². The van der Waals surface area contributed by atoms with Gasteiger partial charge < -0.3 is 0 Å². The Bertz CT molecular complexity index is 1040. The van der Waals surface area contributed by atoms with Gasteiger partial charge in [-0.3, -0.25) is 9.59 Å². The molecule has 30 heavy (non-hydrogen) atoms. The third kappa shape index (κ3) is 4.90. The fraction of sp³-hybridized carbons (Fsp3) is 0. The maximum Gasteiger partial charge on any atom is 0.193 e. The molecule has 0 atom stereocenters. The van der Waals surface area contributed by atoms with E-state index in [1.807, 2.05) is 109 Å². The topological polar surface area (TPSA) is 34.1 Å². The molecule has 0 aliphatic carbocycles. The largest absolute Gasteiger partial charge is 0.289 e. The average Bonchev–Trinajstić information content (AvgIpc) is 2.83. The van der Waals surface area contributed by atoms with Crippen molar-refractivity contribution in [3.05, 3.63) is 131 Å². The molecule has 2 nitrogen and oxygen atoms in total. The summed E-state index contributed by atoms with van der Waals surface area (Å²) in [5.41, 5.74) is 2.74. The molecule has 0 aromatic heterocycles. The van der Waals surface area contributed by atoms with Crippen molar-refractivity contribution in [3.63, 3.8) is 0 Å². The normalized spacial score (nSPS) is 10.5. The van der Waals surface area contributed by atoms with E-state index in [0.29, 0.717) is 22.3 Å². The molecule has 0 bridgehead atoms. The minimum absolute atomic E-state index is 0.0264. The second kappa shape index (κ2) is 9.61. The lowest BCUT2D eigenvalue weighted by molar-refractivity contribution is 0.103. The first kappa shape index (κ1) is 20.2. The van der Waals surface area contributed by atoms with Gasteiger partial charge in [-0.25, -0.2) is 0 Å². The van der Waals surface area contributed by atoms with Crippen LogP contribution in [0.4, 0.5) is 0 Å². The molecule has 0 radical (unpaired) electrons. The van der Waals surface area contributed by atoms with Crippen LogP contribution in [0.3, 0.4) is 0 Å². The molecule has 4 aromatic carbocycles. The summed E-state index contributed by atoms with van der Waals surface area (Å²) in [5.74, 6) is 0.0527. The lowest BCUT2D eigenvalue weighted by Gasteiger charge is -2.05. The summed E-state index contributed by atoms with van der Waals surface area (Å²) in [5, 5.41) is 0. The molecule has 4 rings (SSSR count).